The van der Waals surface area contributed by atoms with Crippen LogP contribution in [0, 0.1) is 11.7 Å². The Morgan fingerprint density at radius 3 is 2.53 bits per heavy atom. The molecule has 0 spiro atoms. The molecule has 170 valence electrons. The fraction of sp³-hybridized carbons (Fsp3) is 0.364. The largest absolute Gasteiger partial charge is 0.379 e. The normalized spacial score (nSPS) is 19.8. The molecule has 2 heterocycles. The second-order valence-electron chi connectivity index (χ2n) is 7.70. The van der Waals surface area contributed by atoms with Gasteiger partial charge in [-0.1, -0.05) is 30.3 Å². The first kappa shape index (κ1) is 22.4. The van der Waals surface area contributed by atoms with Crippen molar-refractivity contribution in [2.75, 3.05) is 37.7 Å². The van der Waals surface area contributed by atoms with Crippen LogP contribution >= 0.6 is 0 Å². The topological polar surface area (TPSA) is 96.0 Å². The van der Waals surface area contributed by atoms with Gasteiger partial charge in [-0.15, -0.1) is 0 Å². The van der Waals surface area contributed by atoms with Crippen molar-refractivity contribution >= 4 is 27.5 Å². The number of anilines is 1. The Labute approximate surface area is 186 Å². The molecule has 1 atom stereocenters. The van der Waals surface area contributed by atoms with Gasteiger partial charge in [-0.3, -0.25) is 9.59 Å². The fourth-order valence-electron chi connectivity index (χ4n) is 3.94. The number of carbonyl (C=O) groups excluding carboxylic acids is 2. The molecule has 2 aliphatic rings. The van der Waals surface area contributed by atoms with Crippen LogP contribution < -0.4 is 10.2 Å². The number of morpholine rings is 1. The van der Waals surface area contributed by atoms with Crippen LogP contribution in [0.4, 0.5) is 10.1 Å². The highest BCUT2D eigenvalue weighted by Crippen LogP contribution is 2.27. The molecule has 0 aromatic heterocycles. The molecule has 1 unspecified atom stereocenters. The average molecular weight is 462 g/mol. The predicted molar refractivity (Wildman–Crippen MR) is 115 cm³/mol. The van der Waals surface area contributed by atoms with Crippen LogP contribution in [0.25, 0.3) is 0 Å². The maximum atomic E-state index is 14.1. The first-order valence-electron chi connectivity index (χ1n) is 10.4. The summed E-state index contributed by atoms with van der Waals surface area (Å²) in [4.78, 5) is 26.5. The standard InChI is InChI=1S/C22H24FN3O5S/c23-18-6-2-3-7-19(18)26-15-17(13-21(26)27)22(28)24-14-16-5-1-4-8-20(16)32(29,30)25-9-11-31-12-10-25/h1-8,17H,9-15H2,(H,24,28). The third-order valence-corrected chi connectivity index (χ3v) is 7.65. The summed E-state index contributed by atoms with van der Waals surface area (Å²) in [6.45, 7) is 1.30. The van der Waals surface area contributed by atoms with Gasteiger partial charge < -0.3 is 15.0 Å². The van der Waals surface area contributed by atoms with E-state index in [9.17, 15) is 22.4 Å². The summed E-state index contributed by atoms with van der Waals surface area (Å²) < 4.78 is 46.8. The van der Waals surface area contributed by atoms with Crippen LogP contribution in [0.3, 0.4) is 0 Å². The molecule has 0 aliphatic carbocycles. The number of ether oxygens (including phenoxy) is 1. The van der Waals surface area contributed by atoms with Crippen LogP contribution in [-0.4, -0.2) is 57.4 Å². The summed E-state index contributed by atoms with van der Waals surface area (Å²) in [6.07, 6.45) is -0.0338. The van der Waals surface area contributed by atoms with Crippen LogP contribution in [0.15, 0.2) is 53.4 Å². The van der Waals surface area contributed by atoms with E-state index in [1.54, 1.807) is 24.3 Å². The Bertz CT molecular complexity index is 1120. The zero-order chi connectivity index (χ0) is 22.7. The van der Waals surface area contributed by atoms with Gasteiger partial charge >= 0.3 is 0 Å². The quantitative estimate of drug-likeness (QED) is 0.704. The van der Waals surface area contributed by atoms with E-state index in [4.69, 9.17) is 4.74 Å². The first-order valence-corrected chi connectivity index (χ1v) is 11.8. The van der Waals surface area contributed by atoms with Gasteiger partial charge in [0.1, 0.15) is 5.82 Å². The van der Waals surface area contributed by atoms with E-state index < -0.39 is 21.8 Å². The Hall–Kier alpha value is -2.82. The van der Waals surface area contributed by atoms with Crippen molar-refractivity contribution in [3.63, 3.8) is 0 Å². The molecule has 2 saturated heterocycles. The molecule has 0 radical (unpaired) electrons. The Morgan fingerprint density at radius 1 is 1.09 bits per heavy atom. The van der Waals surface area contributed by atoms with Crippen molar-refractivity contribution in [3.8, 4) is 0 Å². The monoisotopic (exact) mass is 461 g/mol. The summed E-state index contributed by atoms with van der Waals surface area (Å²) in [7, 11) is -3.72. The highest BCUT2D eigenvalue weighted by Gasteiger charge is 2.36. The zero-order valence-corrected chi connectivity index (χ0v) is 18.2. The summed E-state index contributed by atoms with van der Waals surface area (Å²) in [5.74, 6) is -1.88. The number of rotatable bonds is 6. The third-order valence-electron chi connectivity index (χ3n) is 5.65. The number of nitrogens with one attached hydrogen (secondary N) is 1. The van der Waals surface area contributed by atoms with Crippen LogP contribution in [-0.2, 0) is 30.9 Å². The molecule has 2 aromatic carbocycles. The lowest BCUT2D eigenvalue weighted by molar-refractivity contribution is -0.126. The Balaban J connectivity index is 1.44. The summed E-state index contributed by atoms with van der Waals surface area (Å²) in [5.41, 5.74) is 0.609. The van der Waals surface area contributed by atoms with Gasteiger partial charge in [0.25, 0.3) is 0 Å². The molecule has 0 saturated carbocycles. The average Bonchev–Trinajstić information content (AvgIpc) is 3.20. The number of benzene rings is 2. The second kappa shape index (κ2) is 9.35. The van der Waals surface area contributed by atoms with Crippen molar-refractivity contribution in [2.45, 2.75) is 17.9 Å². The highest BCUT2D eigenvalue weighted by molar-refractivity contribution is 7.89. The van der Waals surface area contributed by atoms with E-state index in [1.165, 1.54) is 33.5 Å². The van der Waals surface area contributed by atoms with E-state index in [-0.39, 0.29) is 55.0 Å². The van der Waals surface area contributed by atoms with E-state index in [0.717, 1.165) is 0 Å². The number of halogens is 1. The minimum atomic E-state index is -3.72. The third kappa shape index (κ3) is 4.52. The maximum absolute atomic E-state index is 14.1. The van der Waals surface area contributed by atoms with E-state index in [1.807, 2.05) is 0 Å². The van der Waals surface area contributed by atoms with E-state index in [2.05, 4.69) is 5.32 Å². The molecule has 2 aliphatic heterocycles. The summed E-state index contributed by atoms with van der Waals surface area (Å²) >= 11 is 0. The number of carbonyl (C=O) groups is 2. The van der Waals surface area contributed by atoms with Gasteiger partial charge in [0, 0.05) is 32.6 Å². The molecule has 2 fully saturated rings. The number of amides is 2. The number of hydrogen-bond acceptors (Lipinski definition) is 5. The molecule has 0 bridgehead atoms. The molecule has 2 aromatic rings. The van der Waals surface area contributed by atoms with Gasteiger partial charge in [-0.2, -0.15) is 4.31 Å². The second-order valence-corrected chi connectivity index (χ2v) is 9.61. The van der Waals surface area contributed by atoms with Crippen molar-refractivity contribution in [2.24, 2.45) is 5.92 Å². The van der Waals surface area contributed by atoms with Gasteiger partial charge in [0.2, 0.25) is 21.8 Å². The van der Waals surface area contributed by atoms with Gasteiger partial charge in [-0.05, 0) is 23.8 Å². The molecular formula is C22H24FN3O5S. The molecule has 2 amide bonds. The highest BCUT2D eigenvalue weighted by atomic mass is 32.2. The summed E-state index contributed by atoms with van der Waals surface area (Å²) in [5, 5.41) is 2.74. The molecule has 8 nitrogen and oxygen atoms in total. The van der Waals surface area contributed by atoms with Gasteiger partial charge in [0.15, 0.2) is 0 Å². The fourth-order valence-corrected chi connectivity index (χ4v) is 5.57. The SMILES string of the molecule is O=C(NCc1ccccc1S(=O)(=O)N1CCOCC1)C1CC(=O)N(c2ccccc2F)C1. The smallest absolute Gasteiger partial charge is 0.243 e. The van der Waals surface area contributed by atoms with E-state index >= 15 is 0 Å². The van der Waals surface area contributed by atoms with Crippen molar-refractivity contribution in [3.05, 3.63) is 59.9 Å². The van der Waals surface area contributed by atoms with Crippen LogP contribution in [0.5, 0.6) is 0 Å². The number of para-hydroxylation sites is 1. The lowest BCUT2D eigenvalue weighted by Gasteiger charge is -2.27. The first-order chi connectivity index (χ1) is 15.4. The Morgan fingerprint density at radius 2 is 1.78 bits per heavy atom. The maximum Gasteiger partial charge on any atom is 0.243 e. The van der Waals surface area contributed by atoms with Crippen LogP contribution in [0.1, 0.15) is 12.0 Å². The van der Waals surface area contributed by atoms with Gasteiger partial charge in [0.05, 0.1) is 29.7 Å². The number of sulfonamides is 1. The zero-order valence-electron chi connectivity index (χ0n) is 17.4. The van der Waals surface area contributed by atoms with Crippen LogP contribution in [0.2, 0.25) is 0 Å². The van der Waals surface area contributed by atoms with Crippen molar-refractivity contribution in [1.82, 2.24) is 9.62 Å². The van der Waals surface area contributed by atoms with Gasteiger partial charge in [-0.25, -0.2) is 12.8 Å². The van der Waals surface area contributed by atoms with Crippen molar-refractivity contribution in [1.29, 1.82) is 0 Å². The predicted octanol–water partition coefficient (Wildman–Crippen LogP) is 1.52. The minimum Gasteiger partial charge on any atom is -0.379 e. The lowest BCUT2D eigenvalue weighted by atomic mass is 10.1. The molecule has 1 N–H and O–H groups in total. The lowest BCUT2D eigenvalue weighted by Crippen LogP contribution is -2.41. The van der Waals surface area contributed by atoms with E-state index in [0.29, 0.717) is 18.8 Å². The van der Waals surface area contributed by atoms with Crippen molar-refractivity contribution < 1.29 is 27.1 Å². The Kier molecular flexibility index (Phi) is 6.54. The molecule has 32 heavy (non-hydrogen) atoms. The molecular weight excluding hydrogens is 437 g/mol. The molecule has 10 heteroatoms. The molecule has 4 rings (SSSR count). The summed E-state index contributed by atoms with van der Waals surface area (Å²) in [6, 6.07) is 12.4. The minimum absolute atomic E-state index is 0.00294. The number of hydrogen-bond donors (Lipinski definition) is 1. The number of nitrogens with zero attached hydrogens (tertiary/aromatic N) is 2.